The molecule has 0 saturated heterocycles. The minimum absolute atomic E-state index is 0.519. The molecule has 0 aromatic carbocycles. The zero-order valence-corrected chi connectivity index (χ0v) is 7.88. The average Bonchev–Trinajstić information content (AvgIpc) is 2.07. The Labute approximate surface area is 74.5 Å². The molecule has 2 saturated carbocycles. The molecule has 0 aromatic heterocycles. The van der Waals surface area contributed by atoms with Crippen molar-refractivity contribution < 1.29 is 4.79 Å². The van der Waals surface area contributed by atoms with E-state index in [1.165, 1.54) is 25.7 Å². The molecular formula is C11H18O. The molecule has 0 radical (unpaired) electrons. The third-order valence-electron chi connectivity index (χ3n) is 3.83. The molecule has 2 aliphatic rings. The Kier molecular flexibility index (Phi) is 2.20. The SMILES string of the molecule is CC1CCCC2CCC(=O)CC12. The standard InChI is InChI=1S/C11H18O/c1-8-3-2-4-9-5-6-10(12)7-11(8)9/h8-9,11H,2-7H2,1H3. The van der Waals surface area contributed by atoms with E-state index in [1.54, 1.807) is 0 Å². The highest BCUT2D eigenvalue weighted by Crippen LogP contribution is 2.42. The normalized spacial score (nSPS) is 42.4. The number of rotatable bonds is 0. The van der Waals surface area contributed by atoms with Crippen molar-refractivity contribution in [3.63, 3.8) is 0 Å². The van der Waals surface area contributed by atoms with Gasteiger partial charge in [0.2, 0.25) is 0 Å². The molecule has 0 bridgehead atoms. The van der Waals surface area contributed by atoms with Gasteiger partial charge < -0.3 is 0 Å². The lowest BCUT2D eigenvalue weighted by atomic mass is 9.66. The first-order chi connectivity index (χ1) is 5.77. The fourth-order valence-corrected chi connectivity index (χ4v) is 3.03. The highest BCUT2D eigenvalue weighted by molar-refractivity contribution is 5.79. The number of Topliss-reactive ketones (excluding diaryl/α,β-unsaturated/α-hetero) is 1. The zero-order valence-electron chi connectivity index (χ0n) is 7.88. The number of ketones is 1. The maximum absolute atomic E-state index is 11.3. The Hall–Kier alpha value is -0.330. The van der Waals surface area contributed by atoms with Crippen molar-refractivity contribution >= 4 is 5.78 Å². The van der Waals surface area contributed by atoms with Crippen LogP contribution >= 0.6 is 0 Å². The van der Waals surface area contributed by atoms with Gasteiger partial charge in [0.25, 0.3) is 0 Å². The van der Waals surface area contributed by atoms with Crippen molar-refractivity contribution in [3.05, 3.63) is 0 Å². The second-order valence-corrected chi connectivity index (χ2v) is 4.61. The monoisotopic (exact) mass is 166 g/mol. The summed E-state index contributed by atoms with van der Waals surface area (Å²) in [5, 5.41) is 0. The van der Waals surface area contributed by atoms with Crippen LogP contribution in [0.25, 0.3) is 0 Å². The zero-order chi connectivity index (χ0) is 8.55. The topological polar surface area (TPSA) is 17.1 Å². The van der Waals surface area contributed by atoms with E-state index in [9.17, 15) is 4.79 Å². The first-order valence-corrected chi connectivity index (χ1v) is 5.29. The first kappa shape index (κ1) is 8.28. The van der Waals surface area contributed by atoms with Crippen LogP contribution in [-0.4, -0.2) is 5.78 Å². The van der Waals surface area contributed by atoms with Crippen LogP contribution in [0.15, 0.2) is 0 Å². The lowest BCUT2D eigenvalue weighted by molar-refractivity contribution is -0.124. The largest absolute Gasteiger partial charge is 0.300 e. The van der Waals surface area contributed by atoms with E-state index < -0.39 is 0 Å². The Morgan fingerprint density at radius 1 is 1.25 bits per heavy atom. The van der Waals surface area contributed by atoms with Crippen LogP contribution in [0.1, 0.15) is 45.4 Å². The predicted octanol–water partition coefficient (Wildman–Crippen LogP) is 2.79. The van der Waals surface area contributed by atoms with Gasteiger partial charge in [-0.1, -0.05) is 26.2 Å². The van der Waals surface area contributed by atoms with Gasteiger partial charge in [-0.3, -0.25) is 4.79 Å². The lowest BCUT2D eigenvalue weighted by Gasteiger charge is -2.39. The van der Waals surface area contributed by atoms with Crippen molar-refractivity contribution in [3.8, 4) is 0 Å². The van der Waals surface area contributed by atoms with E-state index in [2.05, 4.69) is 6.92 Å². The predicted molar refractivity (Wildman–Crippen MR) is 48.9 cm³/mol. The molecule has 12 heavy (non-hydrogen) atoms. The average molecular weight is 166 g/mol. The molecule has 68 valence electrons. The van der Waals surface area contributed by atoms with Crippen molar-refractivity contribution in [1.29, 1.82) is 0 Å². The molecule has 3 atom stereocenters. The van der Waals surface area contributed by atoms with Gasteiger partial charge in [-0.2, -0.15) is 0 Å². The van der Waals surface area contributed by atoms with Crippen LogP contribution in [-0.2, 0) is 4.79 Å². The molecular weight excluding hydrogens is 148 g/mol. The first-order valence-electron chi connectivity index (χ1n) is 5.29. The van der Waals surface area contributed by atoms with Crippen LogP contribution in [0.2, 0.25) is 0 Å². The van der Waals surface area contributed by atoms with Crippen molar-refractivity contribution in [2.45, 2.75) is 45.4 Å². The number of carbonyl (C=O) groups is 1. The summed E-state index contributed by atoms with van der Waals surface area (Å²) in [7, 11) is 0. The summed E-state index contributed by atoms with van der Waals surface area (Å²) >= 11 is 0. The lowest BCUT2D eigenvalue weighted by Crippen LogP contribution is -2.32. The summed E-state index contributed by atoms with van der Waals surface area (Å²) in [6.45, 7) is 2.33. The van der Waals surface area contributed by atoms with Crippen LogP contribution in [0, 0.1) is 17.8 Å². The van der Waals surface area contributed by atoms with Gasteiger partial charge in [-0.25, -0.2) is 0 Å². The van der Waals surface area contributed by atoms with Gasteiger partial charge in [0, 0.05) is 12.8 Å². The van der Waals surface area contributed by atoms with Gasteiger partial charge in [0.15, 0.2) is 0 Å². The number of fused-ring (bicyclic) bond motifs is 1. The minimum atomic E-state index is 0.519. The molecule has 0 aliphatic heterocycles. The van der Waals surface area contributed by atoms with E-state index in [1.807, 2.05) is 0 Å². The van der Waals surface area contributed by atoms with Gasteiger partial charge in [-0.15, -0.1) is 0 Å². The molecule has 2 rings (SSSR count). The van der Waals surface area contributed by atoms with E-state index in [4.69, 9.17) is 0 Å². The van der Waals surface area contributed by atoms with Gasteiger partial charge in [-0.05, 0) is 24.2 Å². The molecule has 0 spiro atoms. The third-order valence-corrected chi connectivity index (χ3v) is 3.83. The Morgan fingerprint density at radius 3 is 2.92 bits per heavy atom. The Balaban J connectivity index is 2.05. The van der Waals surface area contributed by atoms with Crippen LogP contribution in [0.5, 0.6) is 0 Å². The maximum Gasteiger partial charge on any atom is 0.133 e. The maximum atomic E-state index is 11.3. The summed E-state index contributed by atoms with van der Waals surface area (Å²) in [5.74, 6) is 2.98. The molecule has 2 aliphatic carbocycles. The summed E-state index contributed by atoms with van der Waals surface area (Å²) < 4.78 is 0. The van der Waals surface area contributed by atoms with E-state index in [0.717, 1.165) is 30.6 Å². The smallest absolute Gasteiger partial charge is 0.133 e. The molecule has 0 aromatic rings. The fourth-order valence-electron chi connectivity index (χ4n) is 3.03. The van der Waals surface area contributed by atoms with E-state index >= 15 is 0 Å². The quantitative estimate of drug-likeness (QED) is 0.541. The third kappa shape index (κ3) is 1.41. The van der Waals surface area contributed by atoms with E-state index in [-0.39, 0.29) is 0 Å². The fraction of sp³-hybridized carbons (Fsp3) is 0.909. The highest BCUT2D eigenvalue weighted by Gasteiger charge is 2.35. The van der Waals surface area contributed by atoms with Gasteiger partial charge in [0.05, 0.1) is 0 Å². The van der Waals surface area contributed by atoms with Gasteiger partial charge in [0.1, 0.15) is 5.78 Å². The highest BCUT2D eigenvalue weighted by atomic mass is 16.1. The molecule has 1 heteroatoms. The number of hydrogen-bond donors (Lipinski definition) is 0. The van der Waals surface area contributed by atoms with Gasteiger partial charge >= 0.3 is 0 Å². The van der Waals surface area contributed by atoms with Crippen LogP contribution in [0.4, 0.5) is 0 Å². The molecule has 0 heterocycles. The number of carbonyl (C=O) groups excluding carboxylic acids is 1. The summed E-state index contributed by atoms with van der Waals surface area (Å²) in [6.07, 6.45) is 7.10. The van der Waals surface area contributed by atoms with Crippen molar-refractivity contribution in [2.24, 2.45) is 17.8 Å². The minimum Gasteiger partial charge on any atom is -0.300 e. The Bertz CT molecular complexity index is 185. The second kappa shape index (κ2) is 3.20. The molecule has 0 N–H and O–H groups in total. The molecule has 1 nitrogen and oxygen atoms in total. The number of hydrogen-bond acceptors (Lipinski definition) is 1. The van der Waals surface area contributed by atoms with Crippen LogP contribution in [0.3, 0.4) is 0 Å². The Morgan fingerprint density at radius 2 is 2.08 bits per heavy atom. The molecule has 0 amide bonds. The molecule has 3 unspecified atom stereocenters. The summed E-state index contributed by atoms with van der Waals surface area (Å²) in [4.78, 5) is 11.3. The summed E-state index contributed by atoms with van der Waals surface area (Å²) in [6, 6.07) is 0. The molecule has 2 fully saturated rings. The second-order valence-electron chi connectivity index (χ2n) is 4.61. The summed E-state index contributed by atoms with van der Waals surface area (Å²) in [5.41, 5.74) is 0. The van der Waals surface area contributed by atoms with E-state index in [0.29, 0.717) is 5.78 Å². The van der Waals surface area contributed by atoms with Crippen LogP contribution < -0.4 is 0 Å². The van der Waals surface area contributed by atoms with Crippen molar-refractivity contribution in [1.82, 2.24) is 0 Å². The van der Waals surface area contributed by atoms with Crippen molar-refractivity contribution in [2.75, 3.05) is 0 Å².